The van der Waals surface area contributed by atoms with Gasteiger partial charge < -0.3 is 10.6 Å². The molecule has 94 valence electrons. The van der Waals surface area contributed by atoms with Crippen LogP contribution in [-0.4, -0.2) is 30.6 Å². The monoisotopic (exact) mass is 288 g/mol. The van der Waals surface area contributed by atoms with E-state index in [2.05, 4.69) is 11.2 Å². The van der Waals surface area contributed by atoms with E-state index in [-0.39, 0.29) is 0 Å². The van der Waals surface area contributed by atoms with Crippen molar-refractivity contribution < 1.29 is 0 Å². The SMILES string of the molecule is CSCCCN(C)c1cc(Cl)ccc1C(N)=S. The van der Waals surface area contributed by atoms with E-state index in [9.17, 15) is 0 Å². The van der Waals surface area contributed by atoms with Crippen molar-refractivity contribution in [3.05, 3.63) is 28.8 Å². The van der Waals surface area contributed by atoms with Gasteiger partial charge in [-0.3, -0.25) is 0 Å². The molecule has 0 saturated heterocycles. The van der Waals surface area contributed by atoms with Gasteiger partial charge >= 0.3 is 0 Å². The number of nitrogens with two attached hydrogens (primary N) is 1. The molecular weight excluding hydrogens is 272 g/mol. The Bertz CT molecular complexity index is 396. The van der Waals surface area contributed by atoms with Crippen molar-refractivity contribution in [3.63, 3.8) is 0 Å². The molecule has 0 heterocycles. The maximum atomic E-state index is 6.01. The number of halogens is 1. The van der Waals surface area contributed by atoms with Crippen LogP contribution in [0.4, 0.5) is 5.69 Å². The van der Waals surface area contributed by atoms with Crippen molar-refractivity contribution in [1.29, 1.82) is 0 Å². The maximum Gasteiger partial charge on any atom is 0.106 e. The Balaban J connectivity index is 2.86. The standard InChI is InChI=1S/C12H17ClN2S2/c1-15(6-3-7-17-2)11-8-9(13)4-5-10(11)12(14)16/h4-5,8H,3,6-7H2,1-2H3,(H2,14,16). The normalized spacial score (nSPS) is 10.3. The summed E-state index contributed by atoms with van der Waals surface area (Å²) in [5.74, 6) is 1.15. The first-order chi connectivity index (χ1) is 8.06. The van der Waals surface area contributed by atoms with E-state index >= 15 is 0 Å². The fourth-order valence-electron chi connectivity index (χ4n) is 1.60. The van der Waals surface area contributed by atoms with Gasteiger partial charge in [-0.1, -0.05) is 23.8 Å². The first kappa shape index (κ1) is 14.6. The summed E-state index contributed by atoms with van der Waals surface area (Å²) in [6.45, 7) is 0.969. The third-order valence-electron chi connectivity index (χ3n) is 2.48. The third-order valence-corrected chi connectivity index (χ3v) is 3.63. The lowest BCUT2D eigenvalue weighted by atomic mass is 10.1. The molecule has 0 aliphatic rings. The van der Waals surface area contributed by atoms with Gasteiger partial charge in [0, 0.05) is 29.9 Å². The summed E-state index contributed by atoms with van der Waals surface area (Å²) >= 11 is 12.9. The number of nitrogens with zero attached hydrogens (tertiary/aromatic N) is 1. The Morgan fingerprint density at radius 1 is 1.53 bits per heavy atom. The quantitative estimate of drug-likeness (QED) is 0.643. The number of thioether (sulfide) groups is 1. The van der Waals surface area contributed by atoms with Crippen LogP contribution in [0, 0.1) is 0 Å². The van der Waals surface area contributed by atoms with Crippen molar-refractivity contribution in [1.82, 2.24) is 0 Å². The molecule has 0 aromatic heterocycles. The van der Waals surface area contributed by atoms with Gasteiger partial charge in [0.2, 0.25) is 0 Å². The van der Waals surface area contributed by atoms with Gasteiger partial charge in [0.15, 0.2) is 0 Å². The molecule has 1 aromatic rings. The van der Waals surface area contributed by atoms with Crippen LogP contribution in [0.2, 0.25) is 5.02 Å². The molecule has 5 heteroatoms. The highest BCUT2D eigenvalue weighted by Crippen LogP contribution is 2.24. The first-order valence-corrected chi connectivity index (χ1v) is 7.53. The number of thiocarbonyl (C=S) groups is 1. The molecular formula is C12H17ClN2S2. The molecule has 0 saturated carbocycles. The molecule has 0 unspecified atom stereocenters. The van der Waals surface area contributed by atoms with Crippen LogP contribution in [0.1, 0.15) is 12.0 Å². The minimum absolute atomic E-state index is 0.411. The minimum Gasteiger partial charge on any atom is -0.389 e. The van der Waals surface area contributed by atoms with Gasteiger partial charge in [0.1, 0.15) is 4.99 Å². The molecule has 0 atom stereocenters. The summed E-state index contributed by atoms with van der Waals surface area (Å²) < 4.78 is 0. The van der Waals surface area contributed by atoms with Gasteiger partial charge in [-0.2, -0.15) is 11.8 Å². The van der Waals surface area contributed by atoms with Crippen molar-refractivity contribution >= 4 is 46.3 Å². The van der Waals surface area contributed by atoms with Gasteiger partial charge in [0.05, 0.1) is 0 Å². The summed E-state index contributed by atoms with van der Waals surface area (Å²) in [4.78, 5) is 2.56. The van der Waals surface area contributed by atoms with E-state index in [1.165, 1.54) is 0 Å². The number of hydrogen-bond donors (Lipinski definition) is 1. The molecule has 0 bridgehead atoms. The van der Waals surface area contributed by atoms with E-state index in [0.29, 0.717) is 10.0 Å². The average molecular weight is 289 g/mol. The highest BCUT2D eigenvalue weighted by molar-refractivity contribution is 7.98. The molecule has 0 fully saturated rings. The predicted octanol–water partition coefficient (Wildman–Crippen LogP) is 3.16. The first-order valence-electron chi connectivity index (χ1n) is 5.35. The highest BCUT2D eigenvalue weighted by Gasteiger charge is 2.10. The Morgan fingerprint density at radius 2 is 2.24 bits per heavy atom. The van der Waals surface area contributed by atoms with Crippen LogP contribution >= 0.6 is 35.6 Å². The fraction of sp³-hybridized carbons (Fsp3) is 0.417. The number of benzene rings is 1. The predicted molar refractivity (Wildman–Crippen MR) is 83.6 cm³/mol. The summed E-state index contributed by atoms with van der Waals surface area (Å²) in [5, 5.41) is 0.705. The van der Waals surface area contributed by atoms with E-state index in [1.54, 1.807) is 0 Å². The van der Waals surface area contributed by atoms with E-state index in [4.69, 9.17) is 29.6 Å². The number of anilines is 1. The second-order valence-electron chi connectivity index (χ2n) is 3.79. The Kier molecular flexibility index (Phi) is 6.09. The van der Waals surface area contributed by atoms with E-state index in [1.807, 2.05) is 37.0 Å². The molecule has 2 N–H and O–H groups in total. The van der Waals surface area contributed by atoms with Crippen LogP contribution in [0.25, 0.3) is 0 Å². The lowest BCUT2D eigenvalue weighted by Gasteiger charge is -2.22. The molecule has 0 aliphatic heterocycles. The van der Waals surface area contributed by atoms with Crippen molar-refractivity contribution in [3.8, 4) is 0 Å². The Hall–Kier alpha value is -0.450. The molecule has 0 spiro atoms. The summed E-state index contributed by atoms with van der Waals surface area (Å²) in [7, 11) is 2.04. The summed E-state index contributed by atoms with van der Waals surface area (Å²) in [5.41, 5.74) is 7.61. The Labute approximate surface area is 118 Å². The fourth-order valence-corrected chi connectivity index (χ4v) is 2.35. The highest BCUT2D eigenvalue weighted by atomic mass is 35.5. The molecule has 0 radical (unpaired) electrons. The van der Waals surface area contributed by atoms with Crippen LogP contribution in [-0.2, 0) is 0 Å². The summed E-state index contributed by atoms with van der Waals surface area (Å²) in [6, 6.07) is 5.61. The van der Waals surface area contributed by atoms with Gasteiger partial charge in [-0.05, 0) is 36.6 Å². The zero-order valence-electron chi connectivity index (χ0n) is 10.1. The zero-order valence-corrected chi connectivity index (χ0v) is 12.5. The van der Waals surface area contributed by atoms with Crippen LogP contribution in [0.15, 0.2) is 18.2 Å². The molecule has 17 heavy (non-hydrogen) atoms. The Morgan fingerprint density at radius 3 is 2.82 bits per heavy atom. The zero-order chi connectivity index (χ0) is 12.8. The lowest BCUT2D eigenvalue weighted by Crippen LogP contribution is -2.23. The van der Waals surface area contributed by atoms with Gasteiger partial charge in [-0.15, -0.1) is 0 Å². The largest absolute Gasteiger partial charge is 0.389 e. The molecule has 2 nitrogen and oxygen atoms in total. The third kappa shape index (κ3) is 4.37. The van der Waals surface area contributed by atoms with E-state index in [0.717, 1.165) is 30.0 Å². The van der Waals surface area contributed by atoms with Gasteiger partial charge in [0.25, 0.3) is 0 Å². The van der Waals surface area contributed by atoms with Crippen LogP contribution in [0.3, 0.4) is 0 Å². The maximum absolute atomic E-state index is 6.01. The second kappa shape index (κ2) is 7.09. The van der Waals surface area contributed by atoms with Gasteiger partial charge in [-0.25, -0.2) is 0 Å². The second-order valence-corrected chi connectivity index (χ2v) is 5.66. The molecule has 0 amide bonds. The molecule has 1 aromatic carbocycles. The molecule has 0 aliphatic carbocycles. The minimum atomic E-state index is 0.411. The molecule has 1 rings (SSSR count). The smallest absolute Gasteiger partial charge is 0.106 e. The topological polar surface area (TPSA) is 29.3 Å². The van der Waals surface area contributed by atoms with Crippen molar-refractivity contribution in [2.45, 2.75) is 6.42 Å². The number of hydrogen-bond acceptors (Lipinski definition) is 3. The summed E-state index contributed by atoms with van der Waals surface area (Å²) in [6.07, 6.45) is 3.24. The van der Waals surface area contributed by atoms with Crippen molar-refractivity contribution in [2.24, 2.45) is 5.73 Å². The lowest BCUT2D eigenvalue weighted by molar-refractivity contribution is 0.859. The van der Waals surface area contributed by atoms with E-state index < -0.39 is 0 Å². The van der Waals surface area contributed by atoms with Crippen LogP contribution in [0.5, 0.6) is 0 Å². The van der Waals surface area contributed by atoms with Crippen LogP contribution < -0.4 is 10.6 Å². The van der Waals surface area contributed by atoms with Crippen molar-refractivity contribution in [2.75, 3.05) is 30.5 Å². The average Bonchev–Trinajstić information content (AvgIpc) is 2.28. The number of rotatable bonds is 6.